The lowest BCUT2D eigenvalue weighted by Gasteiger charge is -2.29. The first kappa shape index (κ1) is 15.8. The van der Waals surface area contributed by atoms with Gasteiger partial charge in [0.1, 0.15) is 0 Å². The van der Waals surface area contributed by atoms with Crippen molar-refractivity contribution in [3.8, 4) is 0 Å². The fraction of sp³-hybridized carbons (Fsp3) is 0.588. The van der Waals surface area contributed by atoms with Gasteiger partial charge in [-0.2, -0.15) is 0 Å². The van der Waals surface area contributed by atoms with E-state index in [4.69, 9.17) is 4.74 Å². The number of amides is 1. The van der Waals surface area contributed by atoms with Crippen LogP contribution in [0.4, 0.5) is 5.69 Å². The van der Waals surface area contributed by atoms with Crippen LogP contribution in [0.3, 0.4) is 0 Å². The summed E-state index contributed by atoms with van der Waals surface area (Å²) in [5.74, 6) is -0.00101. The van der Waals surface area contributed by atoms with Gasteiger partial charge in [-0.15, -0.1) is 0 Å². The molecule has 2 unspecified atom stereocenters. The van der Waals surface area contributed by atoms with E-state index in [-0.39, 0.29) is 5.91 Å². The van der Waals surface area contributed by atoms with E-state index in [1.807, 2.05) is 31.2 Å². The summed E-state index contributed by atoms with van der Waals surface area (Å²) in [5, 5.41) is 6.45. The highest BCUT2D eigenvalue weighted by atomic mass is 16.5. The third kappa shape index (κ3) is 4.74. The van der Waals surface area contributed by atoms with E-state index in [0.29, 0.717) is 24.3 Å². The quantitative estimate of drug-likeness (QED) is 0.846. The number of carbonyl (C=O) groups is 1. The topological polar surface area (TPSA) is 50.4 Å². The molecule has 0 aliphatic heterocycles. The van der Waals surface area contributed by atoms with Crippen molar-refractivity contribution in [1.29, 1.82) is 0 Å². The Kier molecular flexibility index (Phi) is 6.05. The molecule has 1 aliphatic carbocycles. The predicted molar refractivity (Wildman–Crippen MR) is 85.7 cm³/mol. The monoisotopic (exact) mass is 290 g/mol. The summed E-state index contributed by atoms with van der Waals surface area (Å²) in [4.78, 5) is 12.0. The smallest absolute Gasteiger partial charge is 0.251 e. The van der Waals surface area contributed by atoms with E-state index >= 15 is 0 Å². The maximum atomic E-state index is 12.0. The molecule has 0 aromatic heterocycles. The van der Waals surface area contributed by atoms with Crippen LogP contribution in [-0.4, -0.2) is 31.7 Å². The first-order valence-electron chi connectivity index (χ1n) is 7.90. The summed E-state index contributed by atoms with van der Waals surface area (Å²) in [7, 11) is 1.78. The molecule has 1 amide bonds. The summed E-state index contributed by atoms with van der Waals surface area (Å²) in [6, 6.07) is 8.17. The molecular formula is C17H26N2O2. The lowest BCUT2D eigenvalue weighted by Crippen LogP contribution is -2.31. The molecule has 4 nitrogen and oxygen atoms in total. The van der Waals surface area contributed by atoms with E-state index in [0.717, 1.165) is 31.4 Å². The van der Waals surface area contributed by atoms with Crippen molar-refractivity contribution in [2.45, 2.75) is 51.2 Å². The van der Waals surface area contributed by atoms with Crippen LogP contribution < -0.4 is 10.6 Å². The molecule has 0 bridgehead atoms. The van der Waals surface area contributed by atoms with Gasteiger partial charge in [0, 0.05) is 30.9 Å². The van der Waals surface area contributed by atoms with Crippen LogP contribution in [0, 0.1) is 0 Å². The normalized spacial score (nSPS) is 21.8. The van der Waals surface area contributed by atoms with E-state index in [1.165, 1.54) is 6.42 Å². The second kappa shape index (κ2) is 8.03. The number of benzene rings is 1. The first-order valence-corrected chi connectivity index (χ1v) is 7.90. The van der Waals surface area contributed by atoms with E-state index < -0.39 is 0 Å². The maximum absolute atomic E-state index is 12.0. The van der Waals surface area contributed by atoms with Crippen molar-refractivity contribution in [3.63, 3.8) is 0 Å². The summed E-state index contributed by atoms with van der Waals surface area (Å²) in [5.41, 5.74) is 1.73. The molecule has 1 aromatic rings. The molecule has 116 valence electrons. The van der Waals surface area contributed by atoms with Gasteiger partial charge < -0.3 is 15.4 Å². The minimum absolute atomic E-state index is 0.00101. The van der Waals surface area contributed by atoms with Gasteiger partial charge in [0.25, 0.3) is 5.91 Å². The molecule has 0 saturated heterocycles. The fourth-order valence-corrected chi connectivity index (χ4v) is 2.82. The first-order chi connectivity index (χ1) is 10.2. The Labute approximate surface area is 127 Å². The van der Waals surface area contributed by atoms with Crippen LogP contribution in [0.5, 0.6) is 0 Å². The Morgan fingerprint density at radius 1 is 1.38 bits per heavy atom. The van der Waals surface area contributed by atoms with Crippen LogP contribution in [-0.2, 0) is 4.74 Å². The van der Waals surface area contributed by atoms with Crippen LogP contribution in [0.25, 0.3) is 0 Å². The number of hydrogen-bond acceptors (Lipinski definition) is 3. The number of carbonyl (C=O) groups excluding carboxylic acids is 1. The largest absolute Gasteiger partial charge is 0.382 e. The van der Waals surface area contributed by atoms with Gasteiger partial charge in [0.05, 0.1) is 6.10 Å². The summed E-state index contributed by atoms with van der Waals surface area (Å²) in [6.07, 6.45) is 5.83. The van der Waals surface area contributed by atoms with Crippen LogP contribution in [0.2, 0.25) is 0 Å². The molecule has 0 heterocycles. The molecular weight excluding hydrogens is 264 g/mol. The van der Waals surface area contributed by atoms with Crippen molar-refractivity contribution < 1.29 is 9.53 Å². The average Bonchev–Trinajstić information content (AvgIpc) is 2.53. The van der Waals surface area contributed by atoms with Crippen molar-refractivity contribution in [2.24, 2.45) is 0 Å². The Bertz CT molecular complexity index is 462. The van der Waals surface area contributed by atoms with Gasteiger partial charge in [-0.05, 0) is 50.3 Å². The van der Waals surface area contributed by atoms with Crippen LogP contribution in [0.1, 0.15) is 49.4 Å². The molecule has 0 radical (unpaired) electrons. The maximum Gasteiger partial charge on any atom is 0.251 e. The molecule has 2 N–H and O–H groups in total. The number of ether oxygens (including phenoxy) is 1. The second-order valence-electron chi connectivity index (χ2n) is 5.70. The van der Waals surface area contributed by atoms with Gasteiger partial charge in [0.2, 0.25) is 0 Å². The molecule has 21 heavy (non-hydrogen) atoms. The predicted octanol–water partition coefficient (Wildman–Crippen LogP) is 3.20. The Hall–Kier alpha value is -1.55. The number of rotatable bonds is 6. The molecule has 1 saturated carbocycles. The highest BCUT2D eigenvalue weighted by Crippen LogP contribution is 2.24. The highest BCUT2D eigenvalue weighted by Gasteiger charge is 2.21. The molecule has 4 heteroatoms. The zero-order valence-corrected chi connectivity index (χ0v) is 13.0. The van der Waals surface area contributed by atoms with E-state index in [1.54, 1.807) is 7.11 Å². The molecule has 2 atom stereocenters. The van der Waals surface area contributed by atoms with E-state index in [2.05, 4.69) is 10.6 Å². The van der Waals surface area contributed by atoms with Crippen molar-refractivity contribution in [2.75, 3.05) is 19.0 Å². The van der Waals surface area contributed by atoms with Gasteiger partial charge in [-0.25, -0.2) is 0 Å². The average molecular weight is 290 g/mol. The molecule has 1 aliphatic rings. The van der Waals surface area contributed by atoms with Gasteiger partial charge in [-0.1, -0.05) is 13.0 Å². The second-order valence-corrected chi connectivity index (χ2v) is 5.70. The van der Waals surface area contributed by atoms with Gasteiger partial charge >= 0.3 is 0 Å². The van der Waals surface area contributed by atoms with Crippen molar-refractivity contribution in [1.82, 2.24) is 5.32 Å². The third-order valence-electron chi connectivity index (χ3n) is 3.99. The lowest BCUT2D eigenvalue weighted by atomic mass is 9.92. The van der Waals surface area contributed by atoms with Crippen molar-refractivity contribution >= 4 is 11.6 Å². The summed E-state index contributed by atoms with van der Waals surface area (Å²) >= 11 is 0. The van der Waals surface area contributed by atoms with Crippen molar-refractivity contribution in [3.05, 3.63) is 29.8 Å². The number of nitrogens with one attached hydrogen (secondary N) is 2. The number of anilines is 1. The minimum atomic E-state index is -0.00101. The van der Waals surface area contributed by atoms with E-state index in [9.17, 15) is 4.79 Å². The zero-order valence-electron chi connectivity index (χ0n) is 13.0. The minimum Gasteiger partial charge on any atom is -0.382 e. The molecule has 1 aromatic carbocycles. The summed E-state index contributed by atoms with van der Waals surface area (Å²) < 4.78 is 5.46. The number of methoxy groups -OCH3 is 1. The number of hydrogen-bond donors (Lipinski definition) is 2. The Morgan fingerprint density at radius 2 is 2.24 bits per heavy atom. The zero-order chi connectivity index (χ0) is 15.1. The summed E-state index contributed by atoms with van der Waals surface area (Å²) in [6.45, 7) is 2.77. The fourth-order valence-electron chi connectivity index (χ4n) is 2.82. The lowest BCUT2D eigenvalue weighted by molar-refractivity contribution is 0.0669. The molecule has 2 rings (SSSR count). The standard InChI is InChI=1S/C17H26N2O2/c1-3-10-18-17(20)13-6-4-7-14(11-13)19-15-8-5-9-16(12-15)21-2/h4,6-7,11,15-16,19H,3,5,8-10,12H2,1-2H3,(H,18,20). The molecule has 1 fully saturated rings. The Balaban J connectivity index is 1.95. The highest BCUT2D eigenvalue weighted by molar-refractivity contribution is 5.95. The third-order valence-corrected chi connectivity index (χ3v) is 3.99. The SMILES string of the molecule is CCCNC(=O)c1cccc(NC2CCCC(OC)C2)c1. The van der Waals surface area contributed by atoms with Crippen LogP contribution >= 0.6 is 0 Å². The van der Waals surface area contributed by atoms with Crippen LogP contribution in [0.15, 0.2) is 24.3 Å². The van der Waals surface area contributed by atoms with Gasteiger partial charge in [0.15, 0.2) is 0 Å². The van der Waals surface area contributed by atoms with Gasteiger partial charge in [-0.3, -0.25) is 4.79 Å². The Morgan fingerprint density at radius 3 is 3.00 bits per heavy atom. The molecule has 0 spiro atoms.